The molecule has 2 amide bonds. The van der Waals surface area contributed by atoms with Gasteiger partial charge >= 0.3 is 0 Å². The molecule has 0 aliphatic carbocycles. The maximum Gasteiger partial charge on any atom is 0.251 e. The van der Waals surface area contributed by atoms with Crippen LogP contribution in [-0.4, -0.2) is 27.9 Å². The normalized spacial score (nSPS) is 20.7. The van der Waals surface area contributed by atoms with E-state index in [1.54, 1.807) is 12.1 Å². The minimum Gasteiger partial charge on any atom is -0.508 e. The molecule has 122 valence electrons. The molecule has 0 spiro atoms. The third kappa shape index (κ3) is 2.29. The number of aryl methyl sites for hydroxylation is 1. The van der Waals surface area contributed by atoms with Gasteiger partial charge in [0.1, 0.15) is 5.75 Å². The van der Waals surface area contributed by atoms with Crippen LogP contribution in [0.15, 0.2) is 42.5 Å². The fourth-order valence-electron chi connectivity index (χ4n) is 3.60. The van der Waals surface area contributed by atoms with Gasteiger partial charge in [-0.1, -0.05) is 24.3 Å². The smallest absolute Gasteiger partial charge is 0.251 e. The van der Waals surface area contributed by atoms with E-state index >= 15 is 0 Å². The molecular weight excluding hydrogens is 304 g/mol. The number of amides is 2. The number of anilines is 1. The topological polar surface area (TPSA) is 60.9 Å². The summed E-state index contributed by atoms with van der Waals surface area (Å²) in [7, 11) is 0. The van der Waals surface area contributed by atoms with E-state index in [0.29, 0.717) is 18.8 Å². The zero-order valence-electron chi connectivity index (χ0n) is 13.4. The molecule has 2 aromatic carbocycles. The van der Waals surface area contributed by atoms with Crippen LogP contribution in [0.4, 0.5) is 5.69 Å². The van der Waals surface area contributed by atoms with Gasteiger partial charge in [-0.15, -0.1) is 0 Å². The Hall–Kier alpha value is -2.66. The molecule has 2 aromatic rings. The van der Waals surface area contributed by atoms with Crippen LogP contribution >= 0.6 is 0 Å². The van der Waals surface area contributed by atoms with Gasteiger partial charge in [-0.25, -0.2) is 4.90 Å². The Morgan fingerprint density at radius 1 is 1.04 bits per heavy atom. The summed E-state index contributed by atoms with van der Waals surface area (Å²) in [4.78, 5) is 28.7. The lowest BCUT2D eigenvalue weighted by Crippen LogP contribution is -2.39. The second-order valence-corrected chi connectivity index (χ2v) is 6.43. The van der Waals surface area contributed by atoms with Crippen LogP contribution < -0.4 is 4.90 Å². The van der Waals surface area contributed by atoms with E-state index in [0.717, 1.165) is 16.7 Å². The second kappa shape index (κ2) is 5.46. The molecule has 2 aliphatic rings. The summed E-state index contributed by atoms with van der Waals surface area (Å²) in [5.74, 6) is -0.0876. The minimum absolute atomic E-state index is 0.155. The van der Waals surface area contributed by atoms with Gasteiger partial charge in [0.25, 0.3) is 5.91 Å². The Balaban J connectivity index is 1.60. The lowest BCUT2D eigenvalue weighted by molar-refractivity contribution is -0.123. The number of phenolic OH excluding ortho intramolecular Hbond substituents is 1. The van der Waals surface area contributed by atoms with Crippen LogP contribution in [-0.2, 0) is 22.7 Å². The van der Waals surface area contributed by atoms with E-state index < -0.39 is 6.04 Å². The average molecular weight is 322 g/mol. The minimum atomic E-state index is -0.438. The quantitative estimate of drug-likeness (QED) is 0.862. The number of fused-ring (bicyclic) bond motifs is 1. The second-order valence-electron chi connectivity index (χ2n) is 6.43. The van der Waals surface area contributed by atoms with E-state index in [1.807, 2.05) is 42.2 Å². The molecule has 1 saturated heterocycles. The molecule has 2 heterocycles. The number of benzene rings is 2. The van der Waals surface area contributed by atoms with Crippen molar-refractivity contribution in [1.29, 1.82) is 0 Å². The van der Waals surface area contributed by atoms with Crippen molar-refractivity contribution in [1.82, 2.24) is 4.90 Å². The first-order chi connectivity index (χ1) is 11.5. The van der Waals surface area contributed by atoms with Crippen LogP contribution in [0.5, 0.6) is 5.75 Å². The molecular formula is C19H18N2O3. The van der Waals surface area contributed by atoms with Gasteiger partial charge in [0.2, 0.25) is 5.91 Å². The third-order valence-corrected chi connectivity index (χ3v) is 4.86. The molecule has 1 unspecified atom stereocenters. The van der Waals surface area contributed by atoms with Gasteiger partial charge in [-0.05, 0) is 41.8 Å². The number of hydrogen-bond acceptors (Lipinski definition) is 4. The van der Waals surface area contributed by atoms with E-state index in [4.69, 9.17) is 0 Å². The van der Waals surface area contributed by atoms with Gasteiger partial charge in [0, 0.05) is 13.1 Å². The number of carbonyl (C=O) groups excluding carboxylic acids is 2. The van der Waals surface area contributed by atoms with Crippen molar-refractivity contribution < 1.29 is 14.7 Å². The predicted molar refractivity (Wildman–Crippen MR) is 89.4 cm³/mol. The van der Waals surface area contributed by atoms with E-state index in [-0.39, 0.29) is 24.0 Å². The number of imide groups is 1. The van der Waals surface area contributed by atoms with E-state index in [9.17, 15) is 14.7 Å². The molecule has 4 rings (SSSR count). The Morgan fingerprint density at radius 2 is 1.79 bits per heavy atom. The maximum atomic E-state index is 12.9. The first-order valence-electron chi connectivity index (χ1n) is 8.02. The van der Waals surface area contributed by atoms with Crippen LogP contribution in [0, 0.1) is 6.92 Å². The van der Waals surface area contributed by atoms with Crippen molar-refractivity contribution in [3.63, 3.8) is 0 Å². The maximum absolute atomic E-state index is 12.9. The fraction of sp³-hybridized carbons (Fsp3) is 0.263. The largest absolute Gasteiger partial charge is 0.508 e. The Kier molecular flexibility index (Phi) is 3.39. The highest BCUT2D eigenvalue weighted by molar-refractivity contribution is 6.22. The molecule has 5 nitrogen and oxygen atoms in total. The zero-order chi connectivity index (χ0) is 16.8. The molecule has 2 aliphatic heterocycles. The average Bonchev–Trinajstić information content (AvgIpc) is 3.09. The van der Waals surface area contributed by atoms with Crippen LogP contribution in [0.2, 0.25) is 0 Å². The summed E-state index contributed by atoms with van der Waals surface area (Å²) in [5.41, 5.74) is 3.70. The lowest BCUT2D eigenvalue weighted by Gasteiger charge is -2.22. The van der Waals surface area contributed by atoms with Crippen molar-refractivity contribution in [2.75, 3.05) is 4.90 Å². The first-order valence-corrected chi connectivity index (χ1v) is 8.02. The van der Waals surface area contributed by atoms with Crippen molar-refractivity contribution in [2.24, 2.45) is 0 Å². The number of carbonyl (C=O) groups is 2. The van der Waals surface area contributed by atoms with Crippen molar-refractivity contribution in [3.8, 4) is 5.75 Å². The summed E-state index contributed by atoms with van der Waals surface area (Å²) in [6, 6.07) is 12.3. The number of rotatable bonds is 2. The molecule has 1 fully saturated rings. The molecule has 0 aromatic heterocycles. The van der Waals surface area contributed by atoms with Gasteiger partial charge in [-0.2, -0.15) is 0 Å². The Labute approximate surface area is 140 Å². The van der Waals surface area contributed by atoms with Crippen LogP contribution in [0.25, 0.3) is 0 Å². The number of aromatic hydroxyl groups is 1. The lowest BCUT2D eigenvalue weighted by atomic mass is 10.1. The molecule has 24 heavy (non-hydrogen) atoms. The third-order valence-electron chi connectivity index (χ3n) is 4.86. The van der Waals surface area contributed by atoms with Crippen LogP contribution in [0.1, 0.15) is 23.1 Å². The predicted octanol–water partition coefficient (Wildman–Crippen LogP) is 2.35. The highest BCUT2D eigenvalue weighted by Crippen LogP contribution is 2.33. The zero-order valence-corrected chi connectivity index (χ0v) is 13.4. The molecule has 0 bridgehead atoms. The monoisotopic (exact) mass is 322 g/mol. The highest BCUT2D eigenvalue weighted by atomic mass is 16.3. The summed E-state index contributed by atoms with van der Waals surface area (Å²) in [6.07, 6.45) is 0.202. The number of phenols is 1. The number of para-hydroxylation sites is 1. The van der Waals surface area contributed by atoms with Crippen molar-refractivity contribution in [2.45, 2.75) is 32.5 Å². The molecule has 1 N–H and O–H groups in total. The summed E-state index contributed by atoms with van der Waals surface area (Å²) >= 11 is 0. The fourth-order valence-corrected chi connectivity index (χ4v) is 3.60. The Bertz CT molecular complexity index is 846. The molecule has 0 saturated carbocycles. The van der Waals surface area contributed by atoms with Gasteiger partial charge in [-0.3, -0.25) is 14.5 Å². The van der Waals surface area contributed by atoms with Gasteiger partial charge in [0.15, 0.2) is 0 Å². The standard InChI is InChI=1S/C19H18N2O3/c1-12-4-2-3-5-16(12)21-18(23)9-17(19(21)24)20-10-13-6-7-15(22)8-14(13)11-20/h2-8,17,22H,9-11H2,1H3. The summed E-state index contributed by atoms with van der Waals surface area (Å²) < 4.78 is 0. The molecule has 1 atom stereocenters. The SMILES string of the molecule is Cc1ccccc1N1C(=O)CC(N2Cc3ccc(O)cc3C2)C1=O. The molecule has 5 heteroatoms. The highest BCUT2D eigenvalue weighted by Gasteiger charge is 2.44. The van der Waals surface area contributed by atoms with Gasteiger partial charge < -0.3 is 5.11 Å². The van der Waals surface area contributed by atoms with Crippen LogP contribution in [0.3, 0.4) is 0 Å². The van der Waals surface area contributed by atoms with E-state index in [1.165, 1.54) is 4.90 Å². The summed E-state index contributed by atoms with van der Waals surface area (Å²) in [5, 5.41) is 9.62. The van der Waals surface area contributed by atoms with Crippen molar-refractivity contribution >= 4 is 17.5 Å². The molecule has 0 radical (unpaired) electrons. The van der Waals surface area contributed by atoms with E-state index in [2.05, 4.69) is 0 Å². The van der Waals surface area contributed by atoms with Crippen molar-refractivity contribution in [3.05, 3.63) is 59.2 Å². The summed E-state index contributed by atoms with van der Waals surface area (Å²) in [6.45, 7) is 3.10. The van der Waals surface area contributed by atoms with Gasteiger partial charge in [0.05, 0.1) is 18.2 Å². The Morgan fingerprint density at radius 3 is 2.58 bits per heavy atom. The number of hydrogen-bond donors (Lipinski definition) is 1. The first kappa shape index (κ1) is 14.9. The number of nitrogens with zero attached hydrogens (tertiary/aromatic N) is 2.